The average molecular weight is 315 g/mol. The van der Waals surface area contributed by atoms with E-state index in [-0.39, 0.29) is 5.91 Å². The summed E-state index contributed by atoms with van der Waals surface area (Å²) in [5.74, 6) is 0.730. The number of carbonyl (C=O) groups excluding carboxylic acids is 1. The molecule has 0 fully saturated rings. The van der Waals surface area contributed by atoms with E-state index in [1.165, 1.54) is 6.20 Å². The molecule has 5 nitrogen and oxygen atoms in total. The van der Waals surface area contributed by atoms with Crippen molar-refractivity contribution in [1.29, 1.82) is 0 Å². The molecule has 0 aliphatic heterocycles. The maximum absolute atomic E-state index is 12.1. The van der Waals surface area contributed by atoms with Crippen LogP contribution in [0.5, 0.6) is 0 Å². The van der Waals surface area contributed by atoms with E-state index in [4.69, 9.17) is 11.6 Å². The molecular weight excluding hydrogens is 300 g/mol. The van der Waals surface area contributed by atoms with Gasteiger partial charge in [-0.25, -0.2) is 4.98 Å². The summed E-state index contributed by atoms with van der Waals surface area (Å²) in [6.07, 6.45) is 3.66. The number of fused-ring (bicyclic) bond motifs is 1. The van der Waals surface area contributed by atoms with Crippen LogP contribution in [0.4, 0.5) is 0 Å². The second-order valence-electron chi connectivity index (χ2n) is 4.94. The molecule has 3 rings (SSSR count). The topological polar surface area (TPSA) is 59.8 Å². The fourth-order valence-corrected chi connectivity index (χ4v) is 2.57. The molecule has 112 valence electrons. The number of halogens is 1. The molecule has 0 saturated carbocycles. The highest BCUT2D eigenvalue weighted by molar-refractivity contribution is 6.33. The molecule has 22 heavy (non-hydrogen) atoms. The molecule has 0 atom stereocenters. The van der Waals surface area contributed by atoms with Gasteiger partial charge in [0.25, 0.3) is 5.91 Å². The lowest BCUT2D eigenvalue weighted by Gasteiger charge is -2.06. The van der Waals surface area contributed by atoms with Gasteiger partial charge in [-0.05, 0) is 18.2 Å². The Morgan fingerprint density at radius 1 is 1.32 bits per heavy atom. The van der Waals surface area contributed by atoms with E-state index in [0.29, 0.717) is 23.6 Å². The maximum Gasteiger partial charge on any atom is 0.252 e. The van der Waals surface area contributed by atoms with Crippen molar-refractivity contribution in [2.24, 2.45) is 7.05 Å². The van der Waals surface area contributed by atoms with Gasteiger partial charge in [0.2, 0.25) is 0 Å². The summed E-state index contributed by atoms with van der Waals surface area (Å²) in [6, 6.07) is 9.56. The third-order valence-electron chi connectivity index (χ3n) is 3.53. The van der Waals surface area contributed by atoms with E-state index in [1.807, 2.05) is 35.9 Å². The number of aromatic nitrogens is 3. The molecule has 2 aromatic heterocycles. The zero-order valence-electron chi connectivity index (χ0n) is 12.1. The van der Waals surface area contributed by atoms with E-state index >= 15 is 0 Å². The van der Waals surface area contributed by atoms with Crippen molar-refractivity contribution in [3.63, 3.8) is 0 Å². The summed E-state index contributed by atoms with van der Waals surface area (Å²) in [5, 5.41) is 3.21. The highest BCUT2D eigenvalue weighted by Crippen LogP contribution is 2.15. The predicted molar refractivity (Wildman–Crippen MR) is 86.0 cm³/mol. The van der Waals surface area contributed by atoms with Crippen LogP contribution in [-0.4, -0.2) is 27.0 Å². The van der Waals surface area contributed by atoms with Crippen molar-refractivity contribution >= 4 is 28.5 Å². The normalized spacial score (nSPS) is 10.8. The van der Waals surface area contributed by atoms with Gasteiger partial charge in [-0.2, -0.15) is 0 Å². The largest absolute Gasteiger partial charge is 0.352 e. The van der Waals surface area contributed by atoms with E-state index in [0.717, 1.165) is 16.9 Å². The van der Waals surface area contributed by atoms with Crippen molar-refractivity contribution in [2.45, 2.75) is 6.42 Å². The van der Waals surface area contributed by atoms with E-state index in [9.17, 15) is 4.79 Å². The van der Waals surface area contributed by atoms with E-state index in [1.54, 1.807) is 12.3 Å². The third-order valence-corrected chi connectivity index (χ3v) is 3.83. The number of aryl methyl sites for hydroxylation is 1. The molecule has 0 aliphatic carbocycles. The quantitative estimate of drug-likeness (QED) is 0.805. The molecule has 6 heteroatoms. The fraction of sp³-hybridized carbons (Fsp3) is 0.188. The lowest BCUT2D eigenvalue weighted by atomic mass is 10.2. The molecular formula is C16H15ClN4O. The first kappa shape index (κ1) is 14.5. The van der Waals surface area contributed by atoms with Crippen molar-refractivity contribution in [3.8, 4) is 0 Å². The summed E-state index contributed by atoms with van der Waals surface area (Å²) >= 11 is 5.95. The Bertz CT molecular complexity index is 828. The number of rotatable bonds is 4. The minimum absolute atomic E-state index is 0.203. The van der Waals surface area contributed by atoms with Gasteiger partial charge in [0.1, 0.15) is 5.82 Å². The summed E-state index contributed by atoms with van der Waals surface area (Å²) in [4.78, 5) is 20.5. The van der Waals surface area contributed by atoms with Gasteiger partial charge in [0.15, 0.2) is 0 Å². The molecule has 0 saturated heterocycles. The zero-order chi connectivity index (χ0) is 15.5. The predicted octanol–water partition coefficient (Wildman–Crippen LogP) is 2.59. The van der Waals surface area contributed by atoms with Crippen LogP contribution in [0.2, 0.25) is 5.02 Å². The van der Waals surface area contributed by atoms with Crippen molar-refractivity contribution in [3.05, 3.63) is 59.1 Å². The minimum Gasteiger partial charge on any atom is -0.352 e. The standard InChI is InChI=1S/C16H15ClN4O/c1-21-14-5-3-2-4-13(14)20-15(21)7-9-19-16(22)11-6-8-18-10-12(11)17/h2-6,8,10H,7,9H2,1H3,(H,19,22). The molecule has 0 radical (unpaired) electrons. The first-order chi connectivity index (χ1) is 10.7. The Hall–Kier alpha value is -2.40. The number of nitrogens with one attached hydrogen (secondary N) is 1. The molecule has 1 aromatic carbocycles. The van der Waals surface area contributed by atoms with Gasteiger partial charge >= 0.3 is 0 Å². The van der Waals surface area contributed by atoms with Crippen LogP contribution in [0.15, 0.2) is 42.7 Å². The smallest absolute Gasteiger partial charge is 0.252 e. The van der Waals surface area contributed by atoms with Crippen LogP contribution >= 0.6 is 11.6 Å². The first-order valence-electron chi connectivity index (χ1n) is 6.95. The van der Waals surface area contributed by atoms with Gasteiger partial charge in [0.05, 0.1) is 21.6 Å². The Morgan fingerprint density at radius 3 is 2.91 bits per heavy atom. The Balaban J connectivity index is 1.66. The Morgan fingerprint density at radius 2 is 2.14 bits per heavy atom. The Labute approximate surface area is 133 Å². The number of carbonyl (C=O) groups is 1. The number of nitrogens with zero attached hydrogens (tertiary/aromatic N) is 3. The molecule has 2 heterocycles. The summed E-state index contributed by atoms with van der Waals surface area (Å²) in [5.41, 5.74) is 2.48. The molecule has 0 unspecified atom stereocenters. The van der Waals surface area contributed by atoms with Crippen LogP contribution in [0.25, 0.3) is 11.0 Å². The first-order valence-corrected chi connectivity index (χ1v) is 7.32. The van der Waals surface area contributed by atoms with Gasteiger partial charge < -0.3 is 9.88 Å². The van der Waals surface area contributed by atoms with Gasteiger partial charge in [-0.3, -0.25) is 9.78 Å². The zero-order valence-corrected chi connectivity index (χ0v) is 12.8. The molecule has 0 spiro atoms. The van der Waals surface area contributed by atoms with E-state index in [2.05, 4.69) is 15.3 Å². The van der Waals surface area contributed by atoms with Crippen LogP contribution < -0.4 is 5.32 Å². The Kier molecular flexibility index (Phi) is 4.06. The number of benzene rings is 1. The highest BCUT2D eigenvalue weighted by Gasteiger charge is 2.11. The summed E-state index contributed by atoms with van der Waals surface area (Å²) in [7, 11) is 1.98. The third kappa shape index (κ3) is 2.80. The number of hydrogen-bond acceptors (Lipinski definition) is 3. The number of imidazole rings is 1. The fourth-order valence-electron chi connectivity index (χ4n) is 2.36. The van der Waals surface area contributed by atoms with E-state index < -0.39 is 0 Å². The number of hydrogen-bond donors (Lipinski definition) is 1. The van der Waals surface area contributed by atoms with Gasteiger partial charge in [-0.15, -0.1) is 0 Å². The van der Waals surface area contributed by atoms with Crippen molar-refractivity contribution < 1.29 is 4.79 Å². The minimum atomic E-state index is -0.203. The summed E-state index contributed by atoms with van der Waals surface area (Å²) < 4.78 is 2.04. The molecule has 3 aromatic rings. The number of amides is 1. The summed E-state index contributed by atoms with van der Waals surface area (Å²) in [6.45, 7) is 0.495. The molecule has 1 N–H and O–H groups in total. The van der Waals surface area contributed by atoms with Crippen LogP contribution in [0.1, 0.15) is 16.2 Å². The molecule has 1 amide bonds. The maximum atomic E-state index is 12.1. The van der Waals surface area contributed by atoms with Crippen LogP contribution in [-0.2, 0) is 13.5 Å². The lowest BCUT2D eigenvalue weighted by molar-refractivity contribution is 0.0954. The molecule has 0 aliphatic rings. The monoisotopic (exact) mass is 314 g/mol. The second kappa shape index (κ2) is 6.15. The van der Waals surface area contributed by atoms with Crippen molar-refractivity contribution in [2.75, 3.05) is 6.54 Å². The average Bonchev–Trinajstić information content (AvgIpc) is 2.84. The van der Waals surface area contributed by atoms with Gasteiger partial charge in [0, 0.05) is 32.4 Å². The number of para-hydroxylation sites is 2. The van der Waals surface area contributed by atoms with Crippen LogP contribution in [0.3, 0.4) is 0 Å². The van der Waals surface area contributed by atoms with Gasteiger partial charge in [-0.1, -0.05) is 23.7 Å². The number of pyridine rings is 1. The molecule has 0 bridgehead atoms. The lowest BCUT2D eigenvalue weighted by Crippen LogP contribution is -2.26. The second-order valence-corrected chi connectivity index (χ2v) is 5.34. The van der Waals surface area contributed by atoms with Crippen LogP contribution in [0, 0.1) is 0 Å². The van der Waals surface area contributed by atoms with Crippen molar-refractivity contribution in [1.82, 2.24) is 19.9 Å². The highest BCUT2D eigenvalue weighted by atomic mass is 35.5. The SMILES string of the molecule is Cn1c(CCNC(=O)c2ccncc2Cl)nc2ccccc21.